The minimum absolute atomic E-state index is 0.0627. The maximum Gasteiger partial charge on any atom is 0.178 e. The van der Waals surface area contributed by atoms with Gasteiger partial charge >= 0.3 is 0 Å². The van der Waals surface area contributed by atoms with E-state index in [4.69, 9.17) is 18.3 Å². The zero-order valence-electron chi connectivity index (χ0n) is 12.5. The van der Waals surface area contributed by atoms with Crippen LogP contribution >= 0.6 is 11.8 Å². The summed E-state index contributed by atoms with van der Waals surface area (Å²) in [6.45, 7) is 16.4. The molecule has 0 aliphatic rings. The normalized spacial score (nSPS) is 10.2. The molecule has 1 aromatic heterocycles. The number of aromatic nitrogens is 2. The molecule has 0 unspecified atom stereocenters. The highest BCUT2D eigenvalue weighted by Gasteiger charge is 2.15. The molecule has 1 N–H and O–H groups in total. The van der Waals surface area contributed by atoms with Gasteiger partial charge in [-0.2, -0.15) is 0 Å². The second kappa shape index (κ2) is 7.13. The Morgan fingerprint density at radius 1 is 1.23 bits per heavy atom. The van der Waals surface area contributed by atoms with Crippen molar-refractivity contribution >= 4 is 23.1 Å². The molecule has 0 spiro atoms. The molecule has 0 amide bonds. The predicted octanol–water partition coefficient (Wildman–Crippen LogP) is 3.77. The van der Waals surface area contributed by atoms with E-state index in [0.717, 1.165) is 27.9 Å². The smallest absolute Gasteiger partial charge is 0.178 e. The van der Waals surface area contributed by atoms with E-state index in [9.17, 15) is 0 Å². The topological polar surface area (TPSA) is 46.8 Å². The molecule has 1 aromatic carbocycles. The molecule has 0 saturated heterocycles. The molecule has 1 heterocycles. The SMILES string of the molecule is [C-]#[N+]c1cc([N+]#[C-])cc(Sc2c(CC)nc(CCO)n2C)c1. The second-order valence-corrected chi connectivity index (χ2v) is 5.74. The molecule has 0 atom stereocenters. The van der Waals surface area contributed by atoms with Gasteiger partial charge in [0.15, 0.2) is 11.4 Å². The number of nitrogens with zero attached hydrogens (tertiary/aromatic N) is 4. The van der Waals surface area contributed by atoms with Gasteiger partial charge in [-0.05, 0) is 23.4 Å². The number of imidazole rings is 1. The van der Waals surface area contributed by atoms with E-state index in [0.29, 0.717) is 17.8 Å². The van der Waals surface area contributed by atoms with Crippen LogP contribution in [0.5, 0.6) is 0 Å². The number of hydrogen-bond acceptors (Lipinski definition) is 3. The van der Waals surface area contributed by atoms with Gasteiger partial charge in [0.05, 0.1) is 25.4 Å². The molecule has 112 valence electrons. The van der Waals surface area contributed by atoms with Gasteiger partial charge in [-0.1, -0.05) is 24.8 Å². The minimum Gasteiger partial charge on any atom is -0.396 e. The number of aryl methyl sites for hydroxylation is 1. The average molecular weight is 312 g/mol. The van der Waals surface area contributed by atoms with Crippen LogP contribution in [0.4, 0.5) is 11.4 Å². The number of benzene rings is 1. The minimum atomic E-state index is 0.0627. The van der Waals surface area contributed by atoms with E-state index in [1.165, 1.54) is 11.8 Å². The molecule has 2 aromatic rings. The molecule has 0 bridgehead atoms. The van der Waals surface area contributed by atoms with Gasteiger partial charge in [0, 0.05) is 13.5 Å². The number of rotatable bonds is 5. The standard InChI is InChI=1S/C16H16N4OS/c1-5-14-16(20(4)15(19-14)6-7-21)22-13-9-11(17-2)8-12(10-13)18-3/h8-10,21H,5-7H2,1,4H3. The third kappa shape index (κ3) is 3.30. The molecule has 5 nitrogen and oxygen atoms in total. The zero-order chi connectivity index (χ0) is 16.1. The van der Waals surface area contributed by atoms with Crippen molar-refractivity contribution in [3.8, 4) is 0 Å². The lowest BCUT2D eigenvalue weighted by Crippen LogP contribution is -2.01. The van der Waals surface area contributed by atoms with E-state index in [1.807, 2.05) is 18.5 Å². The molecule has 0 aliphatic carbocycles. The fraction of sp³-hybridized carbons (Fsp3) is 0.312. The maximum atomic E-state index is 9.12. The molecular weight excluding hydrogens is 296 g/mol. The summed E-state index contributed by atoms with van der Waals surface area (Å²) in [5.74, 6) is 0.841. The highest BCUT2D eigenvalue weighted by atomic mass is 32.2. The van der Waals surface area contributed by atoms with E-state index >= 15 is 0 Å². The van der Waals surface area contributed by atoms with E-state index in [-0.39, 0.29) is 6.61 Å². The quantitative estimate of drug-likeness (QED) is 0.855. The Hall–Kier alpha value is -2.28. The van der Waals surface area contributed by atoms with Crippen molar-refractivity contribution in [1.29, 1.82) is 0 Å². The van der Waals surface area contributed by atoms with Crippen LogP contribution in [0.2, 0.25) is 0 Å². The molecular formula is C16H16N4OS. The molecule has 0 radical (unpaired) electrons. The largest absolute Gasteiger partial charge is 0.396 e. The lowest BCUT2D eigenvalue weighted by molar-refractivity contribution is 0.295. The van der Waals surface area contributed by atoms with Gasteiger partial charge in [0.25, 0.3) is 0 Å². The van der Waals surface area contributed by atoms with E-state index < -0.39 is 0 Å². The zero-order valence-corrected chi connectivity index (χ0v) is 13.3. The van der Waals surface area contributed by atoms with E-state index in [2.05, 4.69) is 14.7 Å². The van der Waals surface area contributed by atoms with Crippen molar-refractivity contribution in [3.05, 3.63) is 52.6 Å². The fourth-order valence-corrected chi connectivity index (χ4v) is 3.27. The Kier molecular flexibility index (Phi) is 5.21. The van der Waals surface area contributed by atoms with Crippen molar-refractivity contribution in [1.82, 2.24) is 9.55 Å². The lowest BCUT2D eigenvalue weighted by atomic mass is 10.3. The van der Waals surface area contributed by atoms with Gasteiger partial charge < -0.3 is 9.67 Å². The first-order valence-corrected chi connectivity index (χ1v) is 7.67. The number of hydrogen-bond donors (Lipinski definition) is 1. The Labute approximate surface area is 134 Å². The van der Waals surface area contributed by atoms with Crippen LogP contribution in [0.1, 0.15) is 18.4 Å². The Morgan fingerprint density at radius 3 is 2.36 bits per heavy atom. The molecule has 2 rings (SSSR count). The summed E-state index contributed by atoms with van der Waals surface area (Å²) < 4.78 is 1.97. The summed E-state index contributed by atoms with van der Waals surface area (Å²) in [7, 11) is 1.92. The summed E-state index contributed by atoms with van der Waals surface area (Å²) >= 11 is 1.50. The highest BCUT2D eigenvalue weighted by Crippen LogP contribution is 2.36. The average Bonchev–Trinajstić information content (AvgIpc) is 2.83. The van der Waals surface area contributed by atoms with Gasteiger partial charge in [0.2, 0.25) is 0 Å². The number of aliphatic hydroxyl groups is 1. The Morgan fingerprint density at radius 2 is 1.86 bits per heavy atom. The Bertz CT molecular complexity index is 735. The van der Waals surface area contributed by atoms with Crippen LogP contribution in [0.25, 0.3) is 9.69 Å². The first-order chi connectivity index (χ1) is 10.6. The summed E-state index contributed by atoms with van der Waals surface area (Å²) in [4.78, 5) is 12.3. The number of aliphatic hydroxyl groups excluding tert-OH is 1. The molecule has 0 aliphatic heterocycles. The van der Waals surface area contributed by atoms with Crippen molar-refractivity contribution < 1.29 is 5.11 Å². The molecule has 22 heavy (non-hydrogen) atoms. The van der Waals surface area contributed by atoms with Crippen LogP contribution in [0.3, 0.4) is 0 Å². The predicted molar refractivity (Wildman–Crippen MR) is 86.5 cm³/mol. The molecule has 0 saturated carbocycles. The van der Waals surface area contributed by atoms with Gasteiger partial charge in [-0.3, -0.25) is 0 Å². The summed E-state index contributed by atoms with van der Waals surface area (Å²) in [5, 5.41) is 10.1. The maximum absolute atomic E-state index is 9.12. The van der Waals surface area contributed by atoms with Crippen LogP contribution < -0.4 is 0 Å². The fourth-order valence-electron chi connectivity index (χ4n) is 2.14. The van der Waals surface area contributed by atoms with Gasteiger partial charge in [0.1, 0.15) is 10.9 Å². The third-order valence-electron chi connectivity index (χ3n) is 3.22. The highest BCUT2D eigenvalue weighted by molar-refractivity contribution is 7.99. The van der Waals surface area contributed by atoms with Crippen molar-refractivity contribution in [3.63, 3.8) is 0 Å². The summed E-state index contributed by atoms with van der Waals surface area (Å²) in [5.41, 5.74) is 1.90. The summed E-state index contributed by atoms with van der Waals surface area (Å²) in [6, 6.07) is 5.15. The Balaban J connectivity index is 2.43. The first kappa shape index (κ1) is 16.1. The van der Waals surface area contributed by atoms with Crippen molar-refractivity contribution in [2.45, 2.75) is 29.7 Å². The van der Waals surface area contributed by atoms with Crippen molar-refractivity contribution in [2.24, 2.45) is 7.05 Å². The first-order valence-electron chi connectivity index (χ1n) is 6.86. The van der Waals surface area contributed by atoms with Gasteiger partial charge in [-0.15, -0.1) is 0 Å². The molecule has 6 heteroatoms. The monoisotopic (exact) mass is 312 g/mol. The molecule has 0 fully saturated rings. The van der Waals surface area contributed by atoms with Crippen LogP contribution in [-0.4, -0.2) is 21.3 Å². The van der Waals surface area contributed by atoms with Crippen molar-refractivity contribution in [2.75, 3.05) is 6.61 Å². The van der Waals surface area contributed by atoms with Crippen LogP contribution in [0.15, 0.2) is 28.1 Å². The van der Waals surface area contributed by atoms with Crippen LogP contribution in [0, 0.1) is 13.1 Å². The summed E-state index contributed by atoms with van der Waals surface area (Å²) in [6.07, 6.45) is 1.30. The van der Waals surface area contributed by atoms with Crippen LogP contribution in [-0.2, 0) is 19.9 Å². The van der Waals surface area contributed by atoms with Gasteiger partial charge in [-0.25, -0.2) is 14.7 Å². The lowest BCUT2D eigenvalue weighted by Gasteiger charge is -2.07. The van der Waals surface area contributed by atoms with E-state index in [1.54, 1.807) is 18.2 Å². The third-order valence-corrected chi connectivity index (χ3v) is 4.40. The second-order valence-electron chi connectivity index (χ2n) is 4.68.